The zero-order valence-corrected chi connectivity index (χ0v) is 19.6. The third kappa shape index (κ3) is 4.07. The third-order valence-corrected chi connectivity index (χ3v) is 7.22. The Morgan fingerprint density at radius 1 is 1.06 bits per heavy atom. The second-order valence-electron chi connectivity index (χ2n) is 9.47. The van der Waals surface area contributed by atoms with E-state index in [0.29, 0.717) is 30.9 Å². The Labute approximate surface area is 206 Å². The van der Waals surface area contributed by atoms with E-state index in [9.17, 15) is 18.8 Å². The number of rotatable bonds is 4. The van der Waals surface area contributed by atoms with Crippen molar-refractivity contribution in [2.24, 2.45) is 0 Å². The van der Waals surface area contributed by atoms with Crippen LogP contribution >= 0.6 is 0 Å². The van der Waals surface area contributed by atoms with Crippen LogP contribution in [0.15, 0.2) is 42.6 Å². The number of amides is 3. The van der Waals surface area contributed by atoms with Crippen LogP contribution in [-0.4, -0.2) is 69.7 Å². The van der Waals surface area contributed by atoms with Gasteiger partial charge in [0.15, 0.2) is 5.65 Å². The van der Waals surface area contributed by atoms with Gasteiger partial charge in [-0.05, 0) is 42.8 Å². The highest BCUT2D eigenvalue weighted by Gasteiger charge is 2.41. The molecule has 0 bridgehead atoms. The van der Waals surface area contributed by atoms with Crippen LogP contribution in [0.5, 0.6) is 0 Å². The third-order valence-electron chi connectivity index (χ3n) is 7.22. The Hall–Kier alpha value is -3.92. The highest BCUT2D eigenvalue weighted by atomic mass is 19.1. The van der Waals surface area contributed by atoms with Crippen molar-refractivity contribution in [1.82, 2.24) is 25.1 Å². The zero-order valence-electron chi connectivity index (χ0n) is 19.6. The fourth-order valence-corrected chi connectivity index (χ4v) is 5.35. The summed E-state index contributed by atoms with van der Waals surface area (Å²) in [4.78, 5) is 51.9. The second-order valence-corrected chi connectivity index (χ2v) is 9.47. The Kier molecular flexibility index (Phi) is 5.60. The van der Waals surface area contributed by atoms with Gasteiger partial charge in [-0.2, -0.15) is 0 Å². The first kappa shape index (κ1) is 22.5. The molecule has 3 aromatic rings. The Bertz CT molecular complexity index is 1390. The van der Waals surface area contributed by atoms with Crippen LogP contribution in [-0.2, 0) is 22.7 Å². The number of carbonyl (C=O) groups is 3. The molecule has 1 unspecified atom stereocenters. The molecule has 3 amide bonds. The van der Waals surface area contributed by atoms with Crippen molar-refractivity contribution >= 4 is 34.4 Å². The number of halogens is 1. The minimum Gasteiger partial charge on any atom is -0.369 e. The molecule has 10 heteroatoms. The quantitative estimate of drug-likeness (QED) is 0.560. The summed E-state index contributed by atoms with van der Waals surface area (Å²) < 4.78 is 14.6. The Balaban J connectivity index is 1.17. The molecule has 0 saturated carbocycles. The Morgan fingerprint density at radius 2 is 1.89 bits per heavy atom. The number of hydrogen-bond donors (Lipinski definition) is 1. The van der Waals surface area contributed by atoms with Crippen LogP contribution in [0.3, 0.4) is 0 Å². The molecule has 3 aliphatic heterocycles. The monoisotopic (exact) mass is 488 g/mol. The highest BCUT2D eigenvalue weighted by molar-refractivity contribution is 6.06. The molecule has 1 atom stereocenters. The van der Waals surface area contributed by atoms with Crippen molar-refractivity contribution in [2.45, 2.75) is 32.0 Å². The average molecular weight is 489 g/mol. The smallest absolute Gasteiger partial charge is 0.255 e. The van der Waals surface area contributed by atoms with E-state index in [0.717, 1.165) is 35.4 Å². The van der Waals surface area contributed by atoms with E-state index in [-0.39, 0.29) is 31.2 Å². The summed E-state index contributed by atoms with van der Waals surface area (Å²) in [5.74, 6) is -1.65. The van der Waals surface area contributed by atoms with E-state index < -0.39 is 17.8 Å². The fraction of sp³-hybridized carbons (Fsp3) is 0.346. The molecule has 2 aromatic heterocycles. The molecule has 0 radical (unpaired) electrons. The van der Waals surface area contributed by atoms with Gasteiger partial charge in [0.25, 0.3) is 5.91 Å². The minimum atomic E-state index is -0.723. The number of piperidine rings is 1. The number of benzene rings is 1. The lowest BCUT2D eigenvalue weighted by molar-refractivity contribution is -0.136. The van der Waals surface area contributed by atoms with E-state index in [4.69, 9.17) is 0 Å². The molecule has 6 rings (SSSR count). The molecule has 36 heavy (non-hydrogen) atoms. The van der Waals surface area contributed by atoms with Crippen molar-refractivity contribution in [2.75, 3.05) is 31.1 Å². The summed E-state index contributed by atoms with van der Waals surface area (Å²) in [5, 5.41) is 3.31. The molecular formula is C26H25FN6O3. The molecule has 5 heterocycles. The van der Waals surface area contributed by atoms with Crippen LogP contribution in [0.1, 0.15) is 34.5 Å². The predicted molar refractivity (Wildman–Crippen MR) is 129 cm³/mol. The van der Waals surface area contributed by atoms with Gasteiger partial charge in [-0.15, -0.1) is 0 Å². The van der Waals surface area contributed by atoms with Crippen molar-refractivity contribution in [3.63, 3.8) is 0 Å². The van der Waals surface area contributed by atoms with Gasteiger partial charge < -0.3 is 9.80 Å². The van der Waals surface area contributed by atoms with Gasteiger partial charge in [-0.1, -0.05) is 0 Å². The van der Waals surface area contributed by atoms with Gasteiger partial charge in [0, 0.05) is 74.1 Å². The Morgan fingerprint density at radius 3 is 2.69 bits per heavy atom. The number of pyridine rings is 2. The first-order valence-electron chi connectivity index (χ1n) is 12.1. The van der Waals surface area contributed by atoms with Crippen molar-refractivity contribution in [1.29, 1.82) is 0 Å². The molecule has 184 valence electrons. The molecular weight excluding hydrogens is 463 g/mol. The van der Waals surface area contributed by atoms with Gasteiger partial charge >= 0.3 is 0 Å². The number of carbonyl (C=O) groups excluding carboxylic acids is 3. The van der Waals surface area contributed by atoms with Crippen molar-refractivity contribution in [3.05, 3.63) is 65.2 Å². The molecule has 1 N–H and O–H groups in total. The summed E-state index contributed by atoms with van der Waals surface area (Å²) in [5.41, 5.74) is 3.41. The van der Waals surface area contributed by atoms with Crippen molar-refractivity contribution < 1.29 is 18.8 Å². The number of nitrogens with one attached hydrogen (secondary N) is 1. The van der Waals surface area contributed by atoms with Crippen LogP contribution in [0.4, 0.5) is 10.1 Å². The topological polar surface area (TPSA) is 98.7 Å². The zero-order chi connectivity index (χ0) is 24.8. The lowest BCUT2D eigenvalue weighted by Gasteiger charge is -2.37. The fourth-order valence-electron chi connectivity index (χ4n) is 5.35. The van der Waals surface area contributed by atoms with Crippen LogP contribution in [0.25, 0.3) is 11.0 Å². The van der Waals surface area contributed by atoms with Gasteiger partial charge in [0.1, 0.15) is 11.9 Å². The minimum absolute atomic E-state index is 0.182. The number of aromatic nitrogens is 2. The summed E-state index contributed by atoms with van der Waals surface area (Å²) in [6.07, 6.45) is 2.20. The van der Waals surface area contributed by atoms with E-state index in [2.05, 4.69) is 25.1 Å². The first-order chi connectivity index (χ1) is 17.5. The summed E-state index contributed by atoms with van der Waals surface area (Å²) >= 11 is 0. The lowest BCUT2D eigenvalue weighted by atomic mass is 10.0. The second kappa shape index (κ2) is 8.94. The van der Waals surface area contributed by atoms with Gasteiger partial charge in [-0.3, -0.25) is 24.6 Å². The average Bonchev–Trinajstić information content (AvgIpc) is 3.20. The number of hydrogen-bond acceptors (Lipinski definition) is 7. The lowest BCUT2D eigenvalue weighted by Crippen LogP contribution is -2.52. The molecule has 9 nitrogen and oxygen atoms in total. The first-order valence-corrected chi connectivity index (χ1v) is 12.1. The van der Waals surface area contributed by atoms with Gasteiger partial charge in [0.2, 0.25) is 11.8 Å². The number of imide groups is 1. The number of anilines is 1. The molecule has 2 fully saturated rings. The number of fused-ring (bicyclic) bond motifs is 2. The van der Waals surface area contributed by atoms with Gasteiger partial charge in [0.05, 0.1) is 5.69 Å². The molecule has 2 saturated heterocycles. The van der Waals surface area contributed by atoms with E-state index in [1.54, 1.807) is 6.20 Å². The maximum atomic E-state index is 14.6. The van der Waals surface area contributed by atoms with E-state index >= 15 is 0 Å². The van der Waals surface area contributed by atoms with E-state index in [1.807, 2.05) is 24.3 Å². The van der Waals surface area contributed by atoms with Crippen molar-refractivity contribution in [3.8, 4) is 0 Å². The summed E-state index contributed by atoms with van der Waals surface area (Å²) in [6.45, 7) is 3.80. The summed E-state index contributed by atoms with van der Waals surface area (Å²) in [7, 11) is 0. The largest absolute Gasteiger partial charge is 0.369 e. The van der Waals surface area contributed by atoms with Crippen LogP contribution in [0, 0.1) is 5.82 Å². The molecule has 1 aromatic carbocycles. The predicted octanol–water partition coefficient (Wildman–Crippen LogP) is 1.85. The highest BCUT2D eigenvalue weighted by Crippen LogP contribution is 2.35. The number of nitrogens with zero attached hydrogens (tertiary/aromatic N) is 5. The normalized spacial score (nSPS) is 20.7. The van der Waals surface area contributed by atoms with Gasteiger partial charge in [-0.25, -0.2) is 14.4 Å². The standard InChI is InChI=1S/C26H25FN6O3/c27-17-12-19-20(15-33(26(19)36)21-5-6-23(34)30-25(21)35)22(13-17)32-10-8-31(9-11-32)14-18-4-3-16-2-1-7-28-24(16)29-18/h1-4,7,12-13,21H,5-6,8-11,14-15H2,(H,30,34,35). The maximum Gasteiger partial charge on any atom is 0.255 e. The SMILES string of the molecule is O=C1CCC(N2Cc3c(cc(F)cc3N3CCN(Cc4ccc5cccnc5n4)CC3)C2=O)C(=O)N1. The maximum absolute atomic E-state index is 14.6. The number of piperazine rings is 1. The van der Waals surface area contributed by atoms with Crippen LogP contribution in [0.2, 0.25) is 0 Å². The molecule has 3 aliphatic rings. The summed E-state index contributed by atoms with van der Waals surface area (Å²) in [6, 6.07) is 9.94. The van der Waals surface area contributed by atoms with E-state index in [1.165, 1.54) is 17.0 Å². The molecule has 0 spiro atoms. The molecule has 0 aliphatic carbocycles. The van der Waals surface area contributed by atoms with Crippen LogP contribution < -0.4 is 10.2 Å².